The number of benzene rings is 2. The summed E-state index contributed by atoms with van der Waals surface area (Å²) in [5.74, 6) is 0.590. The van der Waals surface area contributed by atoms with Crippen molar-refractivity contribution in [2.45, 2.75) is 43.5 Å². The van der Waals surface area contributed by atoms with Crippen LogP contribution < -0.4 is 5.56 Å². The minimum Gasteiger partial charge on any atom is -0.348 e. The summed E-state index contributed by atoms with van der Waals surface area (Å²) in [5.41, 5.74) is 3.55. The molecule has 0 bridgehead atoms. The molecule has 176 valence electrons. The molecule has 34 heavy (non-hydrogen) atoms. The fourth-order valence-corrected chi connectivity index (χ4v) is 5.35. The van der Waals surface area contributed by atoms with Crippen LogP contribution in [-0.2, 0) is 23.4 Å². The summed E-state index contributed by atoms with van der Waals surface area (Å²) in [6, 6.07) is 15.6. The van der Waals surface area contributed by atoms with E-state index in [1.807, 2.05) is 41.8 Å². The van der Waals surface area contributed by atoms with Gasteiger partial charge in [-0.3, -0.25) is 14.2 Å². The molecule has 0 unspecified atom stereocenters. The standard InChI is InChI=1S/C26H28N4O2S2/c1-4-5-8-18-11-13-20(14-12-18)30-25(32)21-9-6-7-10-22(21)28-26(30)34-17-19-16-33-23(27-19)15-24(31)29(2)3/h6-7,9-14,16H,4-5,8,15,17H2,1-3H3. The van der Waals surface area contributed by atoms with Crippen molar-refractivity contribution in [3.8, 4) is 5.69 Å². The summed E-state index contributed by atoms with van der Waals surface area (Å²) in [5, 5.41) is 3.99. The Labute approximate surface area is 207 Å². The summed E-state index contributed by atoms with van der Waals surface area (Å²) >= 11 is 2.97. The lowest BCUT2D eigenvalue weighted by atomic mass is 10.1. The van der Waals surface area contributed by atoms with Crippen molar-refractivity contribution in [1.82, 2.24) is 19.4 Å². The summed E-state index contributed by atoms with van der Waals surface area (Å²) < 4.78 is 1.69. The van der Waals surface area contributed by atoms with E-state index >= 15 is 0 Å². The van der Waals surface area contributed by atoms with Gasteiger partial charge in [-0.05, 0) is 42.7 Å². The van der Waals surface area contributed by atoms with Crippen LogP contribution in [-0.4, -0.2) is 39.4 Å². The molecule has 0 saturated heterocycles. The van der Waals surface area contributed by atoms with E-state index in [-0.39, 0.29) is 11.5 Å². The zero-order valence-corrected chi connectivity index (χ0v) is 21.3. The Morgan fingerprint density at radius 1 is 1.09 bits per heavy atom. The number of thioether (sulfide) groups is 1. The number of para-hydroxylation sites is 1. The molecular formula is C26H28N4O2S2. The monoisotopic (exact) mass is 492 g/mol. The first-order valence-electron chi connectivity index (χ1n) is 11.3. The van der Waals surface area contributed by atoms with Gasteiger partial charge in [0.05, 0.1) is 28.7 Å². The number of unbranched alkanes of at least 4 members (excludes halogenated alkanes) is 1. The average molecular weight is 493 g/mol. The second kappa shape index (κ2) is 11.0. The lowest BCUT2D eigenvalue weighted by Crippen LogP contribution is -2.23. The number of hydrogen-bond donors (Lipinski definition) is 0. The Morgan fingerprint density at radius 3 is 2.59 bits per heavy atom. The second-order valence-corrected chi connectivity index (χ2v) is 10.2. The van der Waals surface area contributed by atoms with Gasteiger partial charge in [0.25, 0.3) is 5.56 Å². The lowest BCUT2D eigenvalue weighted by Gasteiger charge is -2.13. The van der Waals surface area contributed by atoms with Crippen molar-refractivity contribution >= 4 is 39.9 Å². The van der Waals surface area contributed by atoms with Crippen molar-refractivity contribution in [3.05, 3.63) is 80.5 Å². The van der Waals surface area contributed by atoms with Crippen molar-refractivity contribution in [2.75, 3.05) is 14.1 Å². The molecule has 2 aromatic carbocycles. The molecule has 8 heteroatoms. The number of carbonyl (C=O) groups excluding carboxylic acids is 1. The highest BCUT2D eigenvalue weighted by atomic mass is 32.2. The van der Waals surface area contributed by atoms with Crippen LogP contribution in [0.2, 0.25) is 0 Å². The molecule has 0 atom stereocenters. The number of fused-ring (bicyclic) bond motifs is 1. The first kappa shape index (κ1) is 24.2. The summed E-state index contributed by atoms with van der Waals surface area (Å²) in [6.07, 6.45) is 3.63. The smallest absolute Gasteiger partial charge is 0.266 e. The first-order valence-corrected chi connectivity index (χ1v) is 13.2. The van der Waals surface area contributed by atoms with Gasteiger partial charge in [-0.15, -0.1) is 11.3 Å². The molecule has 2 heterocycles. The fourth-order valence-electron chi connectivity index (χ4n) is 3.55. The van der Waals surface area contributed by atoms with Gasteiger partial charge in [0.2, 0.25) is 5.91 Å². The van der Waals surface area contributed by atoms with Crippen molar-refractivity contribution in [1.29, 1.82) is 0 Å². The Bertz CT molecular complexity index is 1340. The van der Waals surface area contributed by atoms with E-state index in [1.165, 1.54) is 28.7 Å². The Morgan fingerprint density at radius 2 is 1.85 bits per heavy atom. The highest BCUT2D eigenvalue weighted by molar-refractivity contribution is 7.98. The van der Waals surface area contributed by atoms with E-state index in [0.717, 1.165) is 35.7 Å². The van der Waals surface area contributed by atoms with Crippen molar-refractivity contribution < 1.29 is 4.79 Å². The minimum atomic E-state index is -0.0787. The zero-order valence-electron chi connectivity index (χ0n) is 19.7. The number of hydrogen-bond acceptors (Lipinski definition) is 6. The third-order valence-electron chi connectivity index (χ3n) is 5.51. The Hall–Kier alpha value is -2.97. The number of likely N-dealkylation sites (N-methyl/N-ethyl adjacent to an activating group) is 1. The van der Waals surface area contributed by atoms with Gasteiger partial charge in [0.15, 0.2) is 5.16 Å². The van der Waals surface area contributed by atoms with Gasteiger partial charge in [-0.1, -0.05) is 49.4 Å². The van der Waals surface area contributed by atoms with Crippen LogP contribution in [0.3, 0.4) is 0 Å². The predicted octanol–water partition coefficient (Wildman–Crippen LogP) is 5.11. The summed E-state index contributed by atoms with van der Waals surface area (Å²) in [6.45, 7) is 2.18. The predicted molar refractivity (Wildman–Crippen MR) is 140 cm³/mol. The Kier molecular flexibility index (Phi) is 7.80. The second-order valence-electron chi connectivity index (χ2n) is 8.31. The summed E-state index contributed by atoms with van der Waals surface area (Å²) in [4.78, 5) is 36.4. The lowest BCUT2D eigenvalue weighted by molar-refractivity contribution is -0.127. The highest BCUT2D eigenvalue weighted by Crippen LogP contribution is 2.26. The van der Waals surface area contributed by atoms with Gasteiger partial charge >= 0.3 is 0 Å². The topological polar surface area (TPSA) is 68.1 Å². The van der Waals surface area contributed by atoms with Gasteiger partial charge < -0.3 is 4.90 Å². The van der Waals surface area contributed by atoms with E-state index < -0.39 is 0 Å². The molecule has 2 aromatic heterocycles. The van der Waals surface area contributed by atoms with Gasteiger partial charge in [-0.2, -0.15) is 0 Å². The molecule has 0 aliphatic rings. The number of rotatable bonds is 9. The molecule has 0 radical (unpaired) electrons. The number of carbonyl (C=O) groups is 1. The molecule has 4 rings (SSSR count). The minimum absolute atomic E-state index is 0.0287. The number of aryl methyl sites for hydroxylation is 1. The third-order valence-corrected chi connectivity index (χ3v) is 7.38. The molecule has 0 spiro atoms. The molecule has 0 saturated carbocycles. The molecule has 1 amide bonds. The van der Waals surface area contributed by atoms with Gasteiger partial charge in [0, 0.05) is 25.2 Å². The maximum atomic E-state index is 13.5. The molecular weight excluding hydrogens is 464 g/mol. The van der Waals surface area contributed by atoms with Gasteiger partial charge in [0.1, 0.15) is 5.01 Å². The van der Waals surface area contributed by atoms with Crippen molar-refractivity contribution in [2.24, 2.45) is 0 Å². The largest absolute Gasteiger partial charge is 0.348 e. The average Bonchev–Trinajstić information content (AvgIpc) is 3.29. The third kappa shape index (κ3) is 5.56. The van der Waals surface area contributed by atoms with Crippen LogP contribution in [0.1, 0.15) is 36.0 Å². The number of amides is 1. The van der Waals surface area contributed by atoms with Crippen LogP contribution in [0.4, 0.5) is 0 Å². The van der Waals surface area contributed by atoms with Crippen LogP contribution in [0.5, 0.6) is 0 Å². The molecule has 0 fully saturated rings. The quantitative estimate of drug-likeness (QED) is 0.240. The number of thiazole rings is 1. The molecule has 0 aliphatic carbocycles. The molecule has 0 N–H and O–H groups in total. The molecule has 6 nitrogen and oxygen atoms in total. The van der Waals surface area contributed by atoms with E-state index in [1.54, 1.807) is 23.6 Å². The molecule has 0 aliphatic heterocycles. The fraction of sp³-hybridized carbons (Fsp3) is 0.308. The first-order chi connectivity index (χ1) is 16.5. The van der Waals surface area contributed by atoms with Crippen molar-refractivity contribution in [3.63, 3.8) is 0 Å². The number of aromatic nitrogens is 3. The number of nitrogens with zero attached hydrogens (tertiary/aromatic N) is 4. The van der Waals surface area contributed by atoms with Crippen LogP contribution in [0, 0.1) is 0 Å². The van der Waals surface area contributed by atoms with Gasteiger partial charge in [-0.25, -0.2) is 9.97 Å². The van der Waals surface area contributed by atoms with E-state index in [2.05, 4.69) is 24.0 Å². The highest BCUT2D eigenvalue weighted by Gasteiger charge is 2.15. The van der Waals surface area contributed by atoms with E-state index in [0.29, 0.717) is 28.2 Å². The Balaban J connectivity index is 1.63. The van der Waals surface area contributed by atoms with Crippen LogP contribution in [0.25, 0.3) is 16.6 Å². The SMILES string of the molecule is CCCCc1ccc(-n2c(SCc3csc(CC(=O)N(C)C)n3)nc3ccccc3c2=O)cc1. The summed E-state index contributed by atoms with van der Waals surface area (Å²) in [7, 11) is 3.49. The van der Waals surface area contributed by atoms with E-state index in [9.17, 15) is 9.59 Å². The zero-order chi connectivity index (χ0) is 24.1. The maximum Gasteiger partial charge on any atom is 0.266 e. The normalized spacial score (nSPS) is 11.1. The van der Waals surface area contributed by atoms with E-state index in [4.69, 9.17) is 4.98 Å². The van der Waals surface area contributed by atoms with Crippen LogP contribution >= 0.6 is 23.1 Å². The maximum absolute atomic E-state index is 13.5. The molecule has 4 aromatic rings. The van der Waals surface area contributed by atoms with Crippen LogP contribution in [0.15, 0.2) is 63.9 Å².